The molecule has 120 valence electrons. The lowest BCUT2D eigenvalue weighted by atomic mass is 10.0. The van der Waals surface area contributed by atoms with Crippen molar-refractivity contribution in [1.29, 1.82) is 0 Å². The molecule has 0 radical (unpaired) electrons. The third kappa shape index (κ3) is 3.36. The summed E-state index contributed by atoms with van der Waals surface area (Å²) in [6.45, 7) is 9.12. The van der Waals surface area contributed by atoms with E-state index in [2.05, 4.69) is 16.8 Å². The normalized spacial score (nSPS) is 13.8. The van der Waals surface area contributed by atoms with Crippen molar-refractivity contribution in [3.8, 4) is 11.1 Å². The monoisotopic (exact) mass is 309 g/mol. The molecule has 3 rings (SSSR count). The van der Waals surface area contributed by atoms with E-state index in [4.69, 9.17) is 0 Å². The summed E-state index contributed by atoms with van der Waals surface area (Å²) in [5.74, 6) is 0.649. The highest BCUT2D eigenvalue weighted by atomic mass is 16.2. The van der Waals surface area contributed by atoms with E-state index in [-0.39, 0.29) is 5.91 Å². The van der Waals surface area contributed by atoms with Gasteiger partial charge in [-0.1, -0.05) is 24.3 Å². The molecule has 4 nitrogen and oxygen atoms in total. The predicted octanol–water partition coefficient (Wildman–Crippen LogP) is 3.99. The van der Waals surface area contributed by atoms with E-state index in [0.29, 0.717) is 24.6 Å². The lowest BCUT2D eigenvalue weighted by Gasteiger charge is -2.21. The Labute approximate surface area is 137 Å². The number of carbonyl (C=O) groups excluding carboxylic acids is 1. The third-order valence-corrected chi connectivity index (χ3v) is 4.20. The SMILES string of the molecule is C=C(C)CN(CC)C(=O)c1cccc(-c2cn[nH]c2C2CC2)c1. The molecule has 0 saturated heterocycles. The number of nitrogens with zero attached hydrogens (tertiary/aromatic N) is 2. The van der Waals surface area contributed by atoms with Gasteiger partial charge in [0, 0.05) is 35.8 Å². The molecule has 2 aromatic rings. The van der Waals surface area contributed by atoms with Crippen LogP contribution in [0.3, 0.4) is 0 Å². The molecule has 1 fully saturated rings. The van der Waals surface area contributed by atoms with E-state index in [1.807, 2.05) is 49.2 Å². The van der Waals surface area contributed by atoms with Crippen molar-refractivity contribution in [2.75, 3.05) is 13.1 Å². The van der Waals surface area contributed by atoms with Gasteiger partial charge in [-0.25, -0.2) is 0 Å². The molecule has 4 heteroatoms. The molecule has 1 aromatic heterocycles. The van der Waals surface area contributed by atoms with Crippen LogP contribution in [-0.2, 0) is 0 Å². The van der Waals surface area contributed by atoms with Crippen LogP contribution in [0.4, 0.5) is 0 Å². The number of aromatic amines is 1. The molecule has 0 aliphatic heterocycles. The first-order valence-electron chi connectivity index (χ1n) is 8.17. The van der Waals surface area contributed by atoms with Gasteiger partial charge in [0.2, 0.25) is 0 Å². The zero-order chi connectivity index (χ0) is 16.4. The summed E-state index contributed by atoms with van der Waals surface area (Å²) in [5.41, 5.74) is 5.07. The molecule has 0 spiro atoms. The van der Waals surface area contributed by atoms with Gasteiger partial charge in [0.15, 0.2) is 0 Å². The zero-order valence-corrected chi connectivity index (χ0v) is 13.8. The van der Waals surface area contributed by atoms with Crippen molar-refractivity contribution >= 4 is 5.91 Å². The number of H-pyrrole nitrogens is 1. The summed E-state index contributed by atoms with van der Waals surface area (Å²) in [7, 11) is 0. The zero-order valence-electron chi connectivity index (χ0n) is 13.8. The van der Waals surface area contributed by atoms with Crippen LogP contribution in [0.1, 0.15) is 48.7 Å². The minimum absolute atomic E-state index is 0.0498. The van der Waals surface area contributed by atoms with E-state index < -0.39 is 0 Å². The number of benzene rings is 1. The molecule has 0 bridgehead atoms. The average Bonchev–Trinajstić information content (AvgIpc) is 3.28. The Morgan fingerprint density at radius 3 is 2.87 bits per heavy atom. The molecule has 1 N–H and O–H groups in total. The van der Waals surface area contributed by atoms with Crippen molar-refractivity contribution in [3.63, 3.8) is 0 Å². The van der Waals surface area contributed by atoms with Gasteiger partial charge in [-0.05, 0) is 44.4 Å². The summed E-state index contributed by atoms with van der Waals surface area (Å²) in [6, 6.07) is 7.84. The molecule has 1 aliphatic carbocycles. The van der Waals surface area contributed by atoms with Gasteiger partial charge in [-0.15, -0.1) is 0 Å². The molecular weight excluding hydrogens is 286 g/mol. The van der Waals surface area contributed by atoms with E-state index in [9.17, 15) is 4.79 Å². The second-order valence-corrected chi connectivity index (χ2v) is 6.33. The van der Waals surface area contributed by atoms with Gasteiger partial charge >= 0.3 is 0 Å². The minimum Gasteiger partial charge on any atom is -0.335 e. The molecule has 0 unspecified atom stereocenters. The summed E-state index contributed by atoms with van der Waals surface area (Å²) in [5, 5.41) is 7.31. The molecule has 23 heavy (non-hydrogen) atoms. The Kier molecular flexibility index (Phi) is 4.33. The van der Waals surface area contributed by atoms with Crippen LogP contribution in [0.25, 0.3) is 11.1 Å². The van der Waals surface area contributed by atoms with Gasteiger partial charge < -0.3 is 4.90 Å². The highest BCUT2D eigenvalue weighted by molar-refractivity contribution is 5.95. The van der Waals surface area contributed by atoms with Crippen molar-refractivity contribution in [3.05, 3.63) is 53.9 Å². The lowest BCUT2D eigenvalue weighted by Crippen LogP contribution is -2.32. The van der Waals surface area contributed by atoms with Gasteiger partial charge in [0.05, 0.1) is 6.20 Å². The Morgan fingerprint density at radius 2 is 2.22 bits per heavy atom. The van der Waals surface area contributed by atoms with Crippen molar-refractivity contribution in [2.24, 2.45) is 0 Å². The fraction of sp³-hybridized carbons (Fsp3) is 0.368. The maximum absolute atomic E-state index is 12.7. The van der Waals surface area contributed by atoms with E-state index in [0.717, 1.165) is 16.7 Å². The van der Waals surface area contributed by atoms with Crippen LogP contribution in [0.15, 0.2) is 42.6 Å². The number of rotatable bonds is 6. The number of aromatic nitrogens is 2. The number of amides is 1. The molecular formula is C19H23N3O. The summed E-state index contributed by atoms with van der Waals surface area (Å²) >= 11 is 0. The Balaban J connectivity index is 1.88. The van der Waals surface area contributed by atoms with E-state index in [1.165, 1.54) is 18.5 Å². The molecule has 1 aromatic carbocycles. The number of hydrogen-bond acceptors (Lipinski definition) is 2. The van der Waals surface area contributed by atoms with Gasteiger partial charge in [-0.2, -0.15) is 5.10 Å². The first kappa shape index (κ1) is 15.5. The second kappa shape index (κ2) is 6.41. The highest BCUT2D eigenvalue weighted by Crippen LogP contribution is 2.43. The summed E-state index contributed by atoms with van der Waals surface area (Å²) < 4.78 is 0. The maximum Gasteiger partial charge on any atom is 0.254 e. The minimum atomic E-state index is 0.0498. The quantitative estimate of drug-likeness (QED) is 0.820. The lowest BCUT2D eigenvalue weighted by molar-refractivity contribution is 0.0778. The smallest absolute Gasteiger partial charge is 0.254 e. The standard InChI is InChI=1S/C19H23N3O/c1-4-22(12-13(2)3)19(23)16-7-5-6-15(10-16)17-11-20-21-18(17)14-8-9-14/h5-7,10-11,14H,2,4,8-9,12H2,1,3H3,(H,20,21). The van der Waals surface area contributed by atoms with Crippen molar-refractivity contribution in [1.82, 2.24) is 15.1 Å². The number of nitrogens with one attached hydrogen (secondary N) is 1. The van der Waals surface area contributed by atoms with Crippen LogP contribution >= 0.6 is 0 Å². The molecule has 1 saturated carbocycles. The van der Waals surface area contributed by atoms with Crippen LogP contribution < -0.4 is 0 Å². The number of likely N-dealkylation sites (N-methyl/N-ethyl adjacent to an activating group) is 1. The van der Waals surface area contributed by atoms with Gasteiger partial charge in [0.25, 0.3) is 5.91 Å². The van der Waals surface area contributed by atoms with Gasteiger partial charge in [-0.3, -0.25) is 9.89 Å². The average molecular weight is 309 g/mol. The fourth-order valence-corrected chi connectivity index (χ4v) is 2.86. The number of hydrogen-bond donors (Lipinski definition) is 1. The van der Waals surface area contributed by atoms with Crippen LogP contribution in [0.5, 0.6) is 0 Å². The Hall–Kier alpha value is -2.36. The molecule has 0 atom stereocenters. The highest BCUT2D eigenvalue weighted by Gasteiger charge is 2.28. The Morgan fingerprint density at radius 1 is 1.43 bits per heavy atom. The third-order valence-electron chi connectivity index (χ3n) is 4.20. The number of carbonyl (C=O) groups is 1. The van der Waals surface area contributed by atoms with Crippen LogP contribution in [0.2, 0.25) is 0 Å². The molecule has 1 heterocycles. The molecule has 1 amide bonds. The predicted molar refractivity (Wildman–Crippen MR) is 92.4 cm³/mol. The first-order valence-corrected chi connectivity index (χ1v) is 8.17. The van der Waals surface area contributed by atoms with Crippen molar-refractivity contribution in [2.45, 2.75) is 32.6 Å². The summed E-state index contributed by atoms with van der Waals surface area (Å²) in [6.07, 6.45) is 4.30. The molecule has 1 aliphatic rings. The van der Waals surface area contributed by atoms with E-state index >= 15 is 0 Å². The maximum atomic E-state index is 12.7. The topological polar surface area (TPSA) is 49.0 Å². The largest absolute Gasteiger partial charge is 0.335 e. The van der Waals surface area contributed by atoms with Crippen LogP contribution in [-0.4, -0.2) is 34.1 Å². The first-order chi connectivity index (χ1) is 11.1. The van der Waals surface area contributed by atoms with Crippen molar-refractivity contribution < 1.29 is 4.79 Å². The second-order valence-electron chi connectivity index (χ2n) is 6.33. The summed E-state index contributed by atoms with van der Waals surface area (Å²) in [4.78, 5) is 14.5. The fourth-order valence-electron chi connectivity index (χ4n) is 2.86. The van der Waals surface area contributed by atoms with Gasteiger partial charge in [0.1, 0.15) is 0 Å². The van der Waals surface area contributed by atoms with E-state index in [1.54, 1.807) is 0 Å². The Bertz CT molecular complexity index is 728. The van der Waals surface area contributed by atoms with Crippen LogP contribution in [0, 0.1) is 0 Å².